The molecule has 3 aromatic rings. The topological polar surface area (TPSA) is 67.1 Å². The lowest BCUT2D eigenvalue weighted by Crippen LogP contribution is -2.11. The molecule has 3 N–H and O–H groups in total. The van der Waals surface area contributed by atoms with E-state index in [-0.39, 0.29) is 0 Å². The Labute approximate surface area is 123 Å². The largest absolute Gasteiger partial charge is 0.381 e. The fourth-order valence-electron chi connectivity index (χ4n) is 2.20. The maximum atomic E-state index is 6.01. The van der Waals surface area contributed by atoms with Gasteiger partial charge in [-0.2, -0.15) is 0 Å². The Bertz CT molecular complexity index is 782. The SMILES string of the molecule is CN(C)c1ccccc1Nc1nc2ccccc2nc1N. The summed E-state index contributed by atoms with van der Waals surface area (Å²) in [5.74, 6) is 0.963. The molecule has 0 atom stereocenters. The van der Waals surface area contributed by atoms with Gasteiger partial charge in [0.2, 0.25) is 0 Å². The fraction of sp³-hybridized carbons (Fsp3) is 0.125. The Morgan fingerprint density at radius 2 is 1.52 bits per heavy atom. The number of benzene rings is 2. The van der Waals surface area contributed by atoms with Crippen molar-refractivity contribution in [3.05, 3.63) is 48.5 Å². The van der Waals surface area contributed by atoms with Crippen LogP contribution in [0.15, 0.2) is 48.5 Å². The summed E-state index contributed by atoms with van der Waals surface area (Å²) in [4.78, 5) is 11.0. The van der Waals surface area contributed by atoms with Gasteiger partial charge in [-0.1, -0.05) is 24.3 Å². The predicted octanol–water partition coefficient (Wildman–Crippen LogP) is 3.02. The van der Waals surface area contributed by atoms with Gasteiger partial charge in [0.1, 0.15) is 0 Å². The summed E-state index contributed by atoms with van der Waals surface area (Å²) >= 11 is 0. The molecule has 0 amide bonds. The van der Waals surface area contributed by atoms with Crippen molar-refractivity contribution in [2.24, 2.45) is 0 Å². The molecule has 106 valence electrons. The first-order chi connectivity index (χ1) is 10.1. The fourth-order valence-corrected chi connectivity index (χ4v) is 2.20. The summed E-state index contributed by atoms with van der Waals surface area (Å²) in [5.41, 5.74) is 9.63. The van der Waals surface area contributed by atoms with Crippen LogP contribution in [0.25, 0.3) is 11.0 Å². The highest BCUT2D eigenvalue weighted by Gasteiger charge is 2.09. The van der Waals surface area contributed by atoms with Gasteiger partial charge in [0.05, 0.1) is 22.4 Å². The lowest BCUT2D eigenvalue weighted by Gasteiger charge is -2.18. The van der Waals surface area contributed by atoms with E-state index in [0.29, 0.717) is 11.6 Å². The van der Waals surface area contributed by atoms with Crippen molar-refractivity contribution in [1.82, 2.24) is 9.97 Å². The van der Waals surface area contributed by atoms with Crippen LogP contribution in [0, 0.1) is 0 Å². The summed E-state index contributed by atoms with van der Waals surface area (Å²) in [7, 11) is 3.99. The van der Waals surface area contributed by atoms with E-state index in [0.717, 1.165) is 22.4 Å². The molecule has 0 aliphatic rings. The minimum Gasteiger partial charge on any atom is -0.381 e. The van der Waals surface area contributed by atoms with Gasteiger partial charge < -0.3 is 16.0 Å². The quantitative estimate of drug-likeness (QED) is 0.771. The highest BCUT2D eigenvalue weighted by atomic mass is 15.1. The molecule has 0 radical (unpaired) electrons. The van der Waals surface area contributed by atoms with E-state index in [9.17, 15) is 0 Å². The molecule has 1 heterocycles. The zero-order valence-corrected chi connectivity index (χ0v) is 12.0. The molecule has 0 fully saturated rings. The van der Waals surface area contributed by atoms with Gasteiger partial charge in [-0.15, -0.1) is 0 Å². The third-order valence-electron chi connectivity index (χ3n) is 3.24. The van der Waals surface area contributed by atoms with Gasteiger partial charge in [0, 0.05) is 14.1 Å². The average molecular weight is 279 g/mol. The molecule has 1 aromatic heterocycles. The predicted molar refractivity (Wildman–Crippen MR) is 88.0 cm³/mol. The first kappa shape index (κ1) is 13.2. The molecule has 0 saturated carbocycles. The van der Waals surface area contributed by atoms with E-state index >= 15 is 0 Å². The van der Waals surface area contributed by atoms with Gasteiger partial charge in [-0.25, -0.2) is 9.97 Å². The number of hydrogen-bond acceptors (Lipinski definition) is 5. The molecule has 0 aliphatic carbocycles. The number of anilines is 4. The highest BCUT2D eigenvalue weighted by Crippen LogP contribution is 2.29. The Balaban J connectivity index is 2.04. The highest BCUT2D eigenvalue weighted by molar-refractivity contribution is 5.83. The van der Waals surface area contributed by atoms with Crippen LogP contribution in [0.1, 0.15) is 0 Å². The van der Waals surface area contributed by atoms with Gasteiger partial charge in [-0.05, 0) is 24.3 Å². The van der Waals surface area contributed by atoms with Crippen molar-refractivity contribution in [1.29, 1.82) is 0 Å². The zero-order chi connectivity index (χ0) is 14.8. The summed E-state index contributed by atoms with van der Waals surface area (Å²) in [6, 6.07) is 15.7. The van der Waals surface area contributed by atoms with Crippen molar-refractivity contribution in [2.45, 2.75) is 0 Å². The lowest BCUT2D eigenvalue weighted by molar-refractivity contribution is 1.13. The third kappa shape index (κ3) is 2.58. The Morgan fingerprint density at radius 3 is 2.24 bits per heavy atom. The van der Waals surface area contributed by atoms with Crippen molar-refractivity contribution in [2.75, 3.05) is 30.0 Å². The second-order valence-corrected chi connectivity index (χ2v) is 4.98. The number of nitrogens with two attached hydrogens (primary N) is 1. The van der Waals surface area contributed by atoms with Crippen LogP contribution in [0.4, 0.5) is 23.0 Å². The van der Waals surface area contributed by atoms with Gasteiger partial charge in [0.15, 0.2) is 11.6 Å². The summed E-state index contributed by atoms with van der Waals surface area (Å²) in [5, 5.41) is 3.27. The van der Waals surface area contributed by atoms with Gasteiger partial charge in [-0.3, -0.25) is 0 Å². The standard InChI is InChI=1S/C16H17N5/c1-21(2)14-10-6-5-9-13(14)20-16-15(17)18-11-7-3-4-8-12(11)19-16/h3-10H,1-2H3,(H2,17,18)(H,19,20). The molecule has 0 unspecified atom stereocenters. The smallest absolute Gasteiger partial charge is 0.174 e. The minimum atomic E-state index is 0.391. The second-order valence-electron chi connectivity index (χ2n) is 4.98. The summed E-state index contributed by atoms with van der Waals surface area (Å²) in [6.07, 6.45) is 0. The second kappa shape index (κ2) is 5.28. The van der Waals surface area contributed by atoms with Crippen LogP contribution in [0.2, 0.25) is 0 Å². The maximum Gasteiger partial charge on any atom is 0.174 e. The van der Waals surface area contributed by atoms with Crippen LogP contribution in [0.5, 0.6) is 0 Å². The molecular weight excluding hydrogens is 262 g/mol. The molecule has 0 spiro atoms. The Kier molecular flexibility index (Phi) is 3.31. The summed E-state index contributed by atoms with van der Waals surface area (Å²) in [6.45, 7) is 0. The number of rotatable bonds is 3. The Morgan fingerprint density at radius 1 is 0.905 bits per heavy atom. The molecular formula is C16H17N5. The number of nitrogens with one attached hydrogen (secondary N) is 1. The Hall–Kier alpha value is -2.82. The maximum absolute atomic E-state index is 6.01. The molecule has 3 rings (SSSR count). The molecule has 0 aliphatic heterocycles. The molecule has 21 heavy (non-hydrogen) atoms. The third-order valence-corrected chi connectivity index (χ3v) is 3.24. The van der Waals surface area contributed by atoms with E-state index in [1.54, 1.807) is 0 Å². The first-order valence-corrected chi connectivity index (χ1v) is 6.71. The molecule has 0 bridgehead atoms. The normalized spacial score (nSPS) is 10.6. The van der Waals surface area contributed by atoms with Crippen molar-refractivity contribution in [3.8, 4) is 0 Å². The van der Waals surface area contributed by atoms with Gasteiger partial charge in [0.25, 0.3) is 0 Å². The van der Waals surface area contributed by atoms with E-state index in [2.05, 4.69) is 15.3 Å². The van der Waals surface area contributed by atoms with E-state index in [4.69, 9.17) is 5.73 Å². The number of para-hydroxylation sites is 4. The van der Waals surface area contributed by atoms with Crippen LogP contribution < -0.4 is 16.0 Å². The van der Waals surface area contributed by atoms with Crippen molar-refractivity contribution >= 4 is 34.0 Å². The monoisotopic (exact) mass is 279 g/mol. The molecule has 2 aromatic carbocycles. The molecule has 5 nitrogen and oxygen atoms in total. The average Bonchev–Trinajstić information content (AvgIpc) is 2.48. The molecule has 0 saturated heterocycles. The van der Waals surface area contributed by atoms with Crippen LogP contribution in [0.3, 0.4) is 0 Å². The van der Waals surface area contributed by atoms with E-state index in [1.165, 1.54) is 0 Å². The number of fused-ring (bicyclic) bond motifs is 1. The summed E-state index contributed by atoms with van der Waals surface area (Å²) < 4.78 is 0. The lowest BCUT2D eigenvalue weighted by atomic mass is 10.2. The van der Waals surface area contributed by atoms with Crippen LogP contribution in [-0.2, 0) is 0 Å². The number of aromatic nitrogens is 2. The minimum absolute atomic E-state index is 0.391. The first-order valence-electron chi connectivity index (χ1n) is 6.71. The number of nitrogens with zero attached hydrogens (tertiary/aromatic N) is 3. The van der Waals surface area contributed by atoms with E-state index in [1.807, 2.05) is 67.5 Å². The van der Waals surface area contributed by atoms with Crippen LogP contribution in [-0.4, -0.2) is 24.1 Å². The van der Waals surface area contributed by atoms with Gasteiger partial charge >= 0.3 is 0 Å². The number of hydrogen-bond donors (Lipinski definition) is 2. The van der Waals surface area contributed by atoms with Crippen molar-refractivity contribution < 1.29 is 0 Å². The number of nitrogen functional groups attached to an aromatic ring is 1. The van der Waals surface area contributed by atoms with E-state index < -0.39 is 0 Å². The zero-order valence-electron chi connectivity index (χ0n) is 12.0. The molecule has 5 heteroatoms. The van der Waals surface area contributed by atoms with Crippen molar-refractivity contribution in [3.63, 3.8) is 0 Å². The van der Waals surface area contributed by atoms with Crippen LogP contribution >= 0.6 is 0 Å².